The van der Waals surface area contributed by atoms with E-state index in [-0.39, 0.29) is 43.3 Å². The molecule has 0 saturated carbocycles. The van der Waals surface area contributed by atoms with E-state index in [1.165, 1.54) is 4.90 Å². The molecule has 0 unspecified atom stereocenters. The van der Waals surface area contributed by atoms with E-state index >= 15 is 0 Å². The van der Waals surface area contributed by atoms with E-state index in [4.69, 9.17) is 9.47 Å². The lowest BCUT2D eigenvalue weighted by molar-refractivity contribution is -0.136. The van der Waals surface area contributed by atoms with Crippen LogP contribution in [0.15, 0.2) is 72.9 Å². The Morgan fingerprint density at radius 2 is 1.79 bits per heavy atom. The number of amides is 3. The standard InChI is InChI=1S/C30H32N4O5/c1-2-33-19-28(35)32-26-18-34(30(37)25-11-3-4-13-31-25)14-12-27(26)38-20-22-8-6-10-24(16-22)39-23-9-5-7-21(15-23)17-29(33)36/h3-11,13,15-16,26-27H,2,12,14,17-20H2,1H3,(H,32,35)/t26-,27-/m0/s1. The number of hydrogen-bond donors (Lipinski definition) is 1. The molecule has 9 nitrogen and oxygen atoms in total. The Bertz CT molecular complexity index is 1330. The summed E-state index contributed by atoms with van der Waals surface area (Å²) in [4.78, 5) is 46.8. The van der Waals surface area contributed by atoms with E-state index in [2.05, 4.69) is 10.3 Å². The van der Waals surface area contributed by atoms with Gasteiger partial charge in [-0.05, 0) is 60.9 Å². The van der Waals surface area contributed by atoms with Gasteiger partial charge in [-0.2, -0.15) is 0 Å². The normalized spacial score (nSPS) is 20.3. The third-order valence-electron chi connectivity index (χ3n) is 6.99. The van der Waals surface area contributed by atoms with Crippen molar-refractivity contribution in [2.24, 2.45) is 0 Å². The molecule has 0 radical (unpaired) electrons. The van der Waals surface area contributed by atoms with Gasteiger partial charge in [0, 0.05) is 25.8 Å². The van der Waals surface area contributed by atoms with Gasteiger partial charge in [-0.25, -0.2) is 0 Å². The average molecular weight is 529 g/mol. The fourth-order valence-corrected chi connectivity index (χ4v) is 4.95. The summed E-state index contributed by atoms with van der Waals surface area (Å²) in [5, 5.41) is 3.05. The molecule has 1 saturated heterocycles. The lowest BCUT2D eigenvalue weighted by Crippen LogP contribution is -2.58. The van der Waals surface area contributed by atoms with Gasteiger partial charge in [0.25, 0.3) is 5.91 Å². The van der Waals surface area contributed by atoms with Gasteiger partial charge in [-0.3, -0.25) is 19.4 Å². The molecule has 0 aliphatic carbocycles. The molecule has 2 aromatic carbocycles. The van der Waals surface area contributed by atoms with Crippen LogP contribution in [0.3, 0.4) is 0 Å². The third kappa shape index (κ3) is 6.61. The topological polar surface area (TPSA) is 101 Å². The first-order valence-corrected chi connectivity index (χ1v) is 13.2. The monoisotopic (exact) mass is 528 g/mol. The molecule has 4 bridgehead atoms. The number of ether oxygens (including phenoxy) is 2. The molecule has 3 aromatic rings. The van der Waals surface area contributed by atoms with Crippen molar-refractivity contribution in [3.05, 3.63) is 89.7 Å². The van der Waals surface area contributed by atoms with Crippen molar-refractivity contribution in [2.75, 3.05) is 26.2 Å². The van der Waals surface area contributed by atoms with Crippen molar-refractivity contribution in [1.82, 2.24) is 20.1 Å². The van der Waals surface area contributed by atoms with E-state index in [1.807, 2.05) is 55.5 Å². The Kier molecular flexibility index (Phi) is 8.17. The minimum Gasteiger partial charge on any atom is -0.457 e. The number of nitrogens with zero attached hydrogens (tertiary/aromatic N) is 3. The van der Waals surface area contributed by atoms with Gasteiger partial charge in [-0.15, -0.1) is 0 Å². The number of likely N-dealkylation sites (tertiary alicyclic amines) is 1. The molecule has 9 heteroatoms. The molecule has 1 aromatic heterocycles. The molecule has 0 spiro atoms. The summed E-state index contributed by atoms with van der Waals surface area (Å²) in [6.45, 7) is 3.24. The van der Waals surface area contributed by atoms with Gasteiger partial charge in [-0.1, -0.05) is 30.3 Å². The zero-order valence-corrected chi connectivity index (χ0v) is 21.9. The third-order valence-corrected chi connectivity index (χ3v) is 6.99. The van der Waals surface area contributed by atoms with Crippen LogP contribution in [-0.4, -0.2) is 70.8 Å². The Morgan fingerprint density at radius 3 is 2.54 bits per heavy atom. The first kappa shape index (κ1) is 26.4. The van der Waals surface area contributed by atoms with Crippen molar-refractivity contribution < 1.29 is 23.9 Å². The summed E-state index contributed by atoms with van der Waals surface area (Å²) in [5.41, 5.74) is 2.09. The highest BCUT2D eigenvalue weighted by molar-refractivity contribution is 5.92. The fraction of sp³-hybridized carbons (Fsp3) is 0.333. The predicted molar refractivity (Wildman–Crippen MR) is 144 cm³/mol. The van der Waals surface area contributed by atoms with Crippen LogP contribution in [0.4, 0.5) is 0 Å². The Hall–Kier alpha value is -4.24. The zero-order chi connectivity index (χ0) is 27.2. The molecule has 3 heterocycles. The average Bonchev–Trinajstić information content (AvgIpc) is 2.95. The van der Waals surface area contributed by atoms with E-state index in [0.717, 1.165) is 11.1 Å². The van der Waals surface area contributed by atoms with Crippen LogP contribution in [0, 0.1) is 0 Å². The molecule has 2 atom stereocenters. The van der Waals surface area contributed by atoms with Crippen molar-refractivity contribution >= 4 is 17.7 Å². The Balaban J connectivity index is 1.40. The van der Waals surface area contributed by atoms with Crippen LogP contribution in [0.25, 0.3) is 0 Å². The summed E-state index contributed by atoms with van der Waals surface area (Å²) in [6, 6.07) is 19.8. The van der Waals surface area contributed by atoms with Crippen molar-refractivity contribution in [1.29, 1.82) is 0 Å². The number of nitrogens with one attached hydrogen (secondary N) is 1. The highest BCUT2D eigenvalue weighted by Gasteiger charge is 2.34. The SMILES string of the molecule is CCN1CC(=O)N[C@H]2CN(C(=O)c3ccccn3)CC[C@@H]2OCc2cccc(c2)Oc2cccc(c2)CC1=O. The van der Waals surface area contributed by atoms with Gasteiger partial charge >= 0.3 is 0 Å². The van der Waals surface area contributed by atoms with Crippen molar-refractivity contribution in [2.45, 2.75) is 38.5 Å². The van der Waals surface area contributed by atoms with Gasteiger partial charge in [0.05, 0.1) is 31.7 Å². The molecule has 5 rings (SSSR count). The van der Waals surface area contributed by atoms with E-state index in [0.29, 0.717) is 43.3 Å². The maximum atomic E-state index is 13.2. The molecule has 1 N–H and O–H groups in total. The second kappa shape index (κ2) is 12.1. The largest absolute Gasteiger partial charge is 0.457 e. The number of aromatic nitrogens is 1. The van der Waals surface area contributed by atoms with E-state index < -0.39 is 6.04 Å². The number of piperidine rings is 1. The van der Waals surface area contributed by atoms with Crippen LogP contribution in [-0.2, 0) is 27.4 Å². The second-order valence-corrected chi connectivity index (χ2v) is 9.76. The van der Waals surface area contributed by atoms with Crippen LogP contribution in [0.5, 0.6) is 11.5 Å². The molecule has 39 heavy (non-hydrogen) atoms. The summed E-state index contributed by atoms with van der Waals surface area (Å²) < 4.78 is 12.4. The van der Waals surface area contributed by atoms with Gasteiger partial charge in [0.1, 0.15) is 17.2 Å². The highest BCUT2D eigenvalue weighted by atomic mass is 16.5. The highest BCUT2D eigenvalue weighted by Crippen LogP contribution is 2.25. The number of carbonyl (C=O) groups is 3. The number of benzene rings is 2. The molecule has 202 valence electrons. The lowest BCUT2D eigenvalue weighted by atomic mass is 10.0. The predicted octanol–water partition coefficient (Wildman–Crippen LogP) is 3.19. The van der Waals surface area contributed by atoms with Gasteiger partial charge < -0.3 is 24.6 Å². The molecule has 1 fully saturated rings. The van der Waals surface area contributed by atoms with Crippen LogP contribution in [0.2, 0.25) is 0 Å². The van der Waals surface area contributed by atoms with Crippen LogP contribution >= 0.6 is 0 Å². The number of likely N-dealkylation sites (N-methyl/N-ethyl adjacent to an activating group) is 1. The van der Waals surface area contributed by atoms with E-state index in [1.54, 1.807) is 29.3 Å². The van der Waals surface area contributed by atoms with E-state index in [9.17, 15) is 14.4 Å². The number of pyridine rings is 1. The van der Waals surface area contributed by atoms with Crippen LogP contribution < -0.4 is 10.1 Å². The first-order chi connectivity index (χ1) is 19.0. The number of hydrogen-bond acceptors (Lipinski definition) is 6. The minimum atomic E-state index is -0.446. The number of rotatable bonds is 2. The summed E-state index contributed by atoms with van der Waals surface area (Å²) in [5.74, 6) is 0.663. The van der Waals surface area contributed by atoms with Crippen molar-refractivity contribution in [3.8, 4) is 11.5 Å². The summed E-state index contributed by atoms with van der Waals surface area (Å²) in [7, 11) is 0. The smallest absolute Gasteiger partial charge is 0.272 e. The molecule has 3 amide bonds. The maximum absolute atomic E-state index is 13.2. The minimum absolute atomic E-state index is 0.0797. The Labute approximate surface area is 227 Å². The second-order valence-electron chi connectivity index (χ2n) is 9.76. The van der Waals surface area contributed by atoms with Gasteiger partial charge in [0.15, 0.2) is 0 Å². The fourth-order valence-electron chi connectivity index (χ4n) is 4.95. The first-order valence-electron chi connectivity index (χ1n) is 13.2. The number of carbonyl (C=O) groups excluding carboxylic acids is 3. The lowest BCUT2D eigenvalue weighted by Gasteiger charge is -2.39. The molecular weight excluding hydrogens is 496 g/mol. The molecular formula is C30H32N4O5. The molecule has 2 aliphatic rings. The Morgan fingerprint density at radius 1 is 1.03 bits per heavy atom. The maximum Gasteiger partial charge on any atom is 0.272 e. The number of fused-ring (bicyclic) bond motifs is 5. The zero-order valence-electron chi connectivity index (χ0n) is 21.9. The quantitative estimate of drug-likeness (QED) is 0.548. The van der Waals surface area contributed by atoms with Gasteiger partial charge in [0.2, 0.25) is 11.8 Å². The summed E-state index contributed by atoms with van der Waals surface area (Å²) >= 11 is 0. The van der Waals surface area contributed by atoms with Crippen molar-refractivity contribution in [3.63, 3.8) is 0 Å². The summed E-state index contributed by atoms with van der Waals surface area (Å²) in [6.07, 6.45) is 1.97. The molecule has 2 aliphatic heterocycles. The van der Waals surface area contributed by atoms with Crippen LogP contribution in [0.1, 0.15) is 35.0 Å².